The highest BCUT2D eigenvalue weighted by Crippen LogP contribution is 2.27. The second-order valence-electron chi connectivity index (χ2n) is 2.51. The molecule has 5 heteroatoms. The van der Waals surface area contributed by atoms with Crippen molar-refractivity contribution in [1.29, 1.82) is 0 Å². The average Bonchev–Trinajstić information content (AvgIpc) is 2.72. The molecule has 2 aromatic heterocycles. The van der Waals surface area contributed by atoms with Crippen LogP contribution in [0.15, 0.2) is 33.6 Å². The average molecular weight is 243 g/mol. The van der Waals surface area contributed by atoms with Gasteiger partial charge in [-0.25, -0.2) is 4.98 Å². The first-order valence-corrected chi connectivity index (χ1v) is 4.48. The minimum absolute atomic E-state index is 0.454. The maximum atomic E-state index is 9.73. The number of aliphatic hydroxyl groups is 1. The fraction of sp³-hybridized carbons (Fsp3) is 0.125. The number of H-pyrrole nitrogens is 1. The van der Waals surface area contributed by atoms with Gasteiger partial charge in [-0.05, 0) is 22.0 Å². The van der Waals surface area contributed by atoms with Crippen LogP contribution in [0, 0.1) is 0 Å². The SMILES string of the molecule is OC(c1ncc[nH]1)c1occc1Br. The smallest absolute Gasteiger partial charge is 0.170 e. The summed E-state index contributed by atoms with van der Waals surface area (Å²) in [4.78, 5) is 6.74. The summed E-state index contributed by atoms with van der Waals surface area (Å²) < 4.78 is 5.83. The molecule has 2 aromatic rings. The van der Waals surface area contributed by atoms with Crippen LogP contribution in [0.1, 0.15) is 17.7 Å². The molecule has 0 saturated carbocycles. The van der Waals surface area contributed by atoms with E-state index in [1.165, 1.54) is 6.26 Å². The third kappa shape index (κ3) is 1.52. The fourth-order valence-corrected chi connectivity index (χ4v) is 1.47. The van der Waals surface area contributed by atoms with E-state index in [0.717, 1.165) is 4.47 Å². The maximum Gasteiger partial charge on any atom is 0.170 e. The van der Waals surface area contributed by atoms with Crippen molar-refractivity contribution in [1.82, 2.24) is 9.97 Å². The maximum absolute atomic E-state index is 9.73. The monoisotopic (exact) mass is 242 g/mol. The fourth-order valence-electron chi connectivity index (χ4n) is 1.05. The van der Waals surface area contributed by atoms with Gasteiger partial charge in [0.2, 0.25) is 0 Å². The van der Waals surface area contributed by atoms with E-state index in [2.05, 4.69) is 25.9 Å². The Morgan fingerprint density at radius 2 is 2.46 bits per heavy atom. The molecular weight excluding hydrogens is 236 g/mol. The Bertz CT molecular complexity index is 383. The lowest BCUT2D eigenvalue weighted by Crippen LogP contribution is -2.00. The number of hydrogen-bond donors (Lipinski definition) is 2. The van der Waals surface area contributed by atoms with Crippen LogP contribution >= 0.6 is 15.9 Å². The van der Waals surface area contributed by atoms with Crippen LogP contribution in [0.4, 0.5) is 0 Å². The van der Waals surface area contributed by atoms with Crippen LogP contribution in [-0.2, 0) is 0 Å². The van der Waals surface area contributed by atoms with Gasteiger partial charge in [0.1, 0.15) is 5.82 Å². The van der Waals surface area contributed by atoms with Crippen molar-refractivity contribution < 1.29 is 9.52 Å². The zero-order valence-electron chi connectivity index (χ0n) is 6.57. The highest BCUT2D eigenvalue weighted by molar-refractivity contribution is 9.10. The number of halogens is 1. The topological polar surface area (TPSA) is 62.1 Å². The molecular formula is C8H7BrN2O2. The quantitative estimate of drug-likeness (QED) is 0.845. The largest absolute Gasteiger partial charge is 0.465 e. The van der Waals surface area contributed by atoms with Crippen LogP contribution in [0.2, 0.25) is 0 Å². The van der Waals surface area contributed by atoms with Crippen LogP contribution in [0.5, 0.6) is 0 Å². The van der Waals surface area contributed by atoms with Crippen LogP contribution in [-0.4, -0.2) is 15.1 Å². The van der Waals surface area contributed by atoms with E-state index in [9.17, 15) is 5.11 Å². The normalized spacial score (nSPS) is 13.1. The Morgan fingerprint density at radius 3 is 3.00 bits per heavy atom. The third-order valence-electron chi connectivity index (χ3n) is 1.67. The molecule has 4 nitrogen and oxygen atoms in total. The van der Waals surface area contributed by atoms with E-state index < -0.39 is 6.10 Å². The molecule has 0 radical (unpaired) electrons. The number of furan rings is 1. The van der Waals surface area contributed by atoms with E-state index >= 15 is 0 Å². The summed E-state index contributed by atoms with van der Waals surface area (Å²) in [5.41, 5.74) is 0. The van der Waals surface area contributed by atoms with Gasteiger partial charge in [-0.2, -0.15) is 0 Å². The number of hydrogen-bond acceptors (Lipinski definition) is 3. The first kappa shape index (κ1) is 8.52. The summed E-state index contributed by atoms with van der Waals surface area (Å²) in [6, 6.07) is 1.72. The molecule has 2 heterocycles. The van der Waals surface area contributed by atoms with Crippen molar-refractivity contribution in [3.63, 3.8) is 0 Å². The molecule has 0 spiro atoms. The molecule has 0 aliphatic carbocycles. The van der Waals surface area contributed by atoms with Crippen molar-refractivity contribution in [2.24, 2.45) is 0 Å². The lowest BCUT2D eigenvalue weighted by molar-refractivity contribution is 0.180. The highest BCUT2D eigenvalue weighted by atomic mass is 79.9. The molecule has 0 aromatic carbocycles. The van der Waals surface area contributed by atoms with Gasteiger partial charge in [-0.1, -0.05) is 0 Å². The van der Waals surface area contributed by atoms with E-state index in [-0.39, 0.29) is 0 Å². The standard InChI is InChI=1S/C8H7BrN2O2/c9-5-1-4-13-7(5)6(12)8-10-2-3-11-8/h1-4,6,12H,(H,10,11). The van der Waals surface area contributed by atoms with E-state index in [1.54, 1.807) is 18.5 Å². The van der Waals surface area contributed by atoms with Gasteiger partial charge in [0.15, 0.2) is 11.9 Å². The molecule has 1 atom stereocenters. The number of aromatic amines is 1. The van der Waals surface area contributed by atoms with Gasteiger partial charge in [-0.15, -0.1) is 0 Å². The molecule has 2 rings (SSSR count). The number of nitrogens with zero attached hydrogens (tertiary/aromatic N) is 1. The van der Waals surface area contributed by atoms with Crippen molar-refractivity contribution in [2.45, 2.75) is 6.10 Å². The van der Waals surface area contributed by atoms with Crippen LogP contribution < -0.4 is 0 Å². The van der Waals surface area contributed by atoms with Crippen molar-refractivity contribution >= 4 is 15.9 Å². The zero-order chi connectivity index (χ0) is 9.26. The van der Waals surface area contributed by atoms with E-state index in [1.807, 2.05) is 0 Å². The number of nitrogens with one attached hydrogen (secondary N) is 1. The molecule has 1 unspecified atom stereocenters. The van der Waals surface area contributed by atoms with Crippen molar-refractivity contribution in [3.8, 4) is 0 Å². The summed E-state index contributed by atoms with van der Waals surface area (Å²) in [7, 11) is 0. The Morgan fingerprint density at radius 1 is 1.62 bits per heavy atom. The van der Waals surface area contributed by atoms with Gasteiger partial charge >= 0.3 is 0 Å². The van der Waals surface area contributed by atoms with Gasteiger partial charge in [0.25, 0.3) is 0 Å². The summed E-state index contributed by atoms with van der Waals surface area (Å²) in [5, 5.41) is 9.73. The number of aromatic nitrogens is 2. The summed E-state index contributed by atoms with van der Waals surface area (Å²) in [6.45, 7) is 0. The van der Waals surface area contributed by atoms with Gasteiger partial charge in [-0.3, -0.25) is 0 Å². The number of rotatable bonds is 2. The van der Waals surface area contributed by atoms with Gasteiger partial charge in [0.05, 0.1) is 10.7 Å². The number of imidazole rings is 1. The Balaban J connectivity index is 2.33. The van der Waals surface area contributed by atoms with Crippen LogP contribution in [0.25, 0.3) is 0 Å². The molecule has 2 N–H and O–H groups in total. The third-order valence-corrected chi connectivity index (χ3v) is 2.33. The Kier molecular flexibility index (Phi) is 2.20. The summed E-state index contributed by atoms with van der Waals surface area (Å²) >= 11 is 3.26. The zero-order valence-corrected chi connectivity index (χ0v) is 8.15. The van der Waals surface area contributed by atoms with E-state index in [4.69, 9.17) is 4.42 Å². The summed E-state index contributed by atoms with van der Waals surface area (Å²) in [5.74, 6) is 0.922. The molecule has 0 bridgehead atoms. The molecule has 0 aliphatic heterocycles. The highest BCUT2D eigenvalue weighted by Gasteiger charge is 2.18. The van der Waals surface area contributed by atoms with E-state index in [0.29, 0.717) is 11.6 Å². The van der Waals surface area contributed by atoms with Crippen molar-refractivity contribution in [2.75, 3.05) is 0 Å². The molecule has 68 valence electrons. The second-order valence-corrected chi connectivity index (χ2v) is 3.36. The predicted octanol–water partition coefficient (Wildman–Crippen LogP) is 1.85. The molecule has 0 fully saturated rings. The lowest BCUT2D eigenvalue weighted by atomic mass is 10.2. The Labute approximate surface area is 82.7 Å². The molecule has 0 amide bonds. The second kappa shape index (κ2) is 3.35. The molecule has 0 aliphatic rings. The van der Waals surface area contributed by atoms with Crippen LogP contribution in [0.3, 0.4) is 0 Å². The number of aliphatic hydroxyl groups excluding tert-OH is 1. The van der Waals surface area contributed by atoms with Gasteiger partial charge in [0, 0.05) is 12.4 Å². The summed E-state index contributed by atoms with van der Waals surface area (Å²) in [6.07, 6.45) is 3.88. The minimum atomic E-state index is -0.848. The molecule has 0 saturated heterocycles. The minimum Gasteiger partial charge on any atom is -0.465 e. The van der Waals surface area contributed by atoms with Crippen molar-refractivity contribution in [3.05, 3.63) is 40.8 Å². The first-order chi connectivity index (χ1) is 6.29. The first-order valence-electron chi connectivity index (χ1n) is 3.69. The molecule has 13 heavy (non-hydrogen) atoms. The Hall–Kier alpha value is -1.07. The van der Waals surface area contributed by atoms with Gasteiger partial charge < -0.3 is 14.5 Å². The lowest BCUT2D eigenvalue weighted by Gasteiger charge is -2.03. The predicted molar refractivity (Wildman–Crippen MR) is 49.1 cm³/mol.